The van der Waals surface area contributed by atoms with E-state index in [2.05, 4.69) is 20.6 Å². The van der Waals surface area contributed by atoms with Gasteiger partial charge < -0.3 is 10.6 Å². The zero-order valence-electron chi connectivity index (χ0n) is 13.6. The van der Waals surface area contributed by atoms with Crippen LogP contribution < -0.4 is 10.6 Å². The van der Waals surface area contributed by atoms with E-state index in [0.717, 1.165) is 15.7 Å². The third-order valence-electron chi connectivity index (χ3n) is 3.59. The summed E-state index contributed by atoms with van der Waals surface area (Å²) in [6.07, 6.45) is 3.25. The summed E-state index contributed by atoms with van der Waals surface area (Å²) < 4.78 is 39.4. The number of hydrogen-bond donors (Lipinski definition) is 2. The molecule has 24 heavy (non-hydrogen) atoms. The summed E-state index contributed by atoms with van der Waals surface area (Å²) in [5, 5.41) is 6.03. The predicted octanol–water partition coefficient (Wildman–Crippen LogP) is 2.63. The molecule has 5 nitrogen and oxygen atoms in total. The van der Waals surface area contributed by atoms with Crippen LogP contribution in [0.3, 0.4) is 0 Å². The number of nitrogens with one attached hydrogen (secondary N) is 2. The molecule has 0 atom stereocenters. The molecule has 0 fully saturated rings. The number of rotatable bonds is 6. The van der Waals surface area contributed by atoms with Crippen molar-refractivity contribution in [3.63, 3.8) is 0 Å². The van der Waals surface area contributed by atoms with Crippen molar-refractivity contribution < 1.29 is 13.2 Å². The minimum absolute atomic E-state index is 0.132. The molecule has 2 rings (SSSR count). The lowest BCUT2D eigenvalue weighted by Crippen LogP contribution is -2.38. The van der Waals surface area contributed by atoms with Crippen molar-refractivity contribution in [1.82, 2.24) is 20.2 Å². The van der Waals surface area contributed by atoms with Crippen molar-refractivity contribution in [2.24, 2.45) is 4.99 Å². The maximum atomic E-state index is 13.1. The summed E-state index contributed by atoms with van der Waals surface area (Å²) >= 11 is 0. The standard InChI is InChI=1S/C16H20F3N5/c1-11-9-13(17)4-3-12(11)5-6-22-16(20-2)23-10-14-21-7-8-24(14)15(18)19/h3-4,7-9,15H,5-6,10H2,1-2H3,(H2,20,22,23). The second kappa shape index (κ2) is 8.37. The molecule has 0 spiro atoms. The number of imidazole rings is 1. The highest BCUT2D eigenvalue weighted by atomic mass is 19.3. The Morgan fingerprint density at radius 2 is 2.12 bits per heavy atom. The summed E-state index contributed by atoms with van der Waals surface area (Å²) in [7, 11) is 1.60. The first-order valence-electron chi connectivity index (χ1n) is 7.50. The van der Waals surface area contributed by atoms with Crippen molar-refractivity contribution in [2.45, 2.75) is 26.4 Å². The van der Waals surface area contributed by atoms with E-state index in [4.69, 9.17) is 0 Å². The van der Waals surface area contributed by atoms with Crippen LogP contribution in [0.15, 0.2) is 35.6 Å². The summed E-state index contributed by atoms with van der Waals surface area (Å²) in [4.78, 5) is 7.93. The van der Waals surface area contributed by atoms with Crippen LogP contribution >= 0.6 is 0 Å². The van der Waals surface area contributed by atoms with Crippen LogP contribution in [0, 0.1) is 12.7 Å². The van der Waals surface area contributed by atoms with Crippen LogP contribution in [-0.4, -0.2) is 29.1 Å². The summed E-state index contributed by atoms with van der Waals surface area (Å²) in [6, 6.07) is 4.67. The van der Waals surface area contributed by atoms with E-state index in [1.165, 1.54) is 24.5 Å². The zero-order chi connectivity index (χ0) is 17.5. The lowest BCUT2D eigenvalue weighted by molar-refractivity contribution is 0.0668. The first kappa shape index (κ1) is 17.8. The van der Waals surface area contributed by atoms with Gasteiger partial charge in [0.25, 0.3) is 0 Å². The lowest BCUT2D eigenvalue weighted by Gasteiger charge is -2.13. The molecule has 130 valence electrons. The van der Waals surface area contributed by atoms with E-state index < -0.39 is 6.55 Å². The Labute approximate surface area is 138 Å². The number of aromatic nitrogens is 2. The van der Waals surface area contributed by atoms with Crippen molar-refractivity contribution in [3.8, 4) is 0 Å². The fourth-order valence-corrected chi connectivity index (χ4v) is 2.30. The number of guanidine groups is 1. The van der Waals surface area contributed by atoms with Crippen LogP contribution in [0.4, 0.5) is 13.2 Å². The van der Waals surface area contributed by atoms with Crippen LogP contribution in [0.5, 0.6) is 0 Å². The normalized spacial score (nSPS) is 11.8. The SMILES string of the molecule is CN=C(NCCc1ccc(F)cc1C)NCc1nccn1C(F)F. The molecule has 0 radical (unpaired) electrons. The Kier molecular flexibility index (Phi) is 6.22. The average molecular weight is 339 g/mol. The third-order valence-corrected chi connectivity index (χ3v) is 3.59. The van der Waals surface area contributed by atoms with Gasteiger partial charge in [0.1, 0.15) is 11.6 Å². The van der Waals surface area contributed by atoms with Crippen LogP contribution in [0.1, 0.15) is 23.5 Å². The molecule has 0 bridgehead atoms. The van der Waals surface area contributed by atoms with Crippen LogP contribution in [0.2, 0.25) is 0 Å². The van der Waals surface area contributed by atoms with Gasteiger partial charge in [0.2, 0.25) is 0 Å². The largest absolute Gasteiger partial charge is 0.356 e. The highest BCUT2D eigenvalue weighted by Gasteiger charge is 2.11. The average Bonchev–Trinajstić information content (AvgIpc) is 3.01. The lowest BCUT2D eigenvalue weighted by atomic mass is 10.1. The predicted molar refractivity (Wildman–Crippen MR) is 86.5 cm³/mol. The van der Waals surface area contributed by atoms with Gasteiger partial charge in [-0.15, -0.1) is 0 Å². The molecule has 8 heteroatoms. The molecule has 1 aromatic heterocycles. The maximum Gasteiger partial charge on any atom is 0.319 e. The topological polar surface area (TPSA) is 54.2 Å². The molecule has 0 saturated carbocycles. The Hall–Kier alpha value is -2.51. The molecule has 0 aliphatic carbocycles. The van der Waals surface area contributed by atoms with E-state index >= 15 is 0 Å². The van der Waals surface area contributed by atoms with Crippen molar-refractivity contribution >= 4 is 5.96 Å². The molecule has 0 aliphatic heterocycles. The molecule has 2 N–H and O–H groups in total. The molecule has 0 unspecified atom stereocenters. The Morgan fingerprint density at radius 3 is 2.79 bits per heavy atom. The summed E-state index contributed by atoms with van der Waals surface area (Å²) in [6.45, 7) is -0.0572. The molecule has 1 heterocycles. The summed E-state index contributed by atoms with van der Waals surface area (Å²) in [5.41, 5.74) is 1.92. The van der Waals surface area contributed by atoms with E-state index in [0.29, 0.717) is 18.9 Å². The number of hydrogen-bond acceptors (Lipinski definition) is 2. The van der Waals surface area contributed by atoms with E-state index in [9.17, 15) is 13.2 Å². The molecule has 0 amide bonds. The third kappa shape index (κ3) is 4.74. The molecular formula is C16H20F3N5. The molecule has 2 aromatic rings. The van der Waals surface area contributed by atoms with Crippen LogP contribution in [0.25, 0.3) is 0 Å². The first-order valence-corrected chi connectivity index (χ1v) is 7.50. The zero-order valence-corrected chi connectivity index (χ0v) is 13.6. The maximum absolute atomic E-state index is 13.1. The van der Waals surface area contributed by atoms with E-state index in [-0.39, 0.29) is 18.2 Å². The first-order chi connectivity index (χ1) is 11.5. The quantitative estimate of drug-likeness (QED) is 0.628. The Balaban J connectivity index is 1.83. The van der Waals surface area contributed by atoms with Gasteiger partial charge in [-0.25, -0.2) is 9.37 Å². The van der Waals surface area contributed by atoms with Gasteiger partial charge in [0.05, 0.1) is 6.54 Å². The number of aliphatic imine (C=N–C) groups is 1. The van der Waals surface area contributed by atoms with Crippen molar-refractivity contribution in [2.75, 3.05) is 13.6 Å². The van der Waals surface area contributed by atoms with Crippen LogP contribution in [-0.2, 0) is 13.0 Å². The molecule has 1 aromatic carbocycles. The second-order valence-electron chi connectivity index (χ2n) is 5.20. The highest BCUT2D eigenvalue weighted by molar-refractivity contribution is 5.79. The number of nitrogens with zero attached hydrogens (tertiary/aromatic N) is 3. The van der Waals surface area contributed by atoms with Gasteiger partial charge in [0.15, 0.2) is 5.96 Å². The number of aryl methyl sites for hydroxylation is 1. The van der Waals surface area contributed by atoms with Gasteiger partial charge in [-0.05, 0) is 36.6 Å². The number of halogens is 3. The Bertz CT molecular complexity index is 697. The molecule has 0 aliphatic rings. The van der Waals surface area contributed by atoms with E-state index in [1.807, 2.05) is 6.92 Å². The van der Waals surface area contributed by atoms with Gasteiger partial charge in [-0.2, -0.15) is 8.78 Å². The van der Waals surface area contributed by atoms with Gasteiger partial charge in [-0.3, -0.25) is 9.56 Å². The number of benzene rings is 1. The fourth-order valence-electron chi connectivity index (χ4n) is 2.30. The van der Waals surface area contributed by atoms with Gasteiger partial charge >= 0.3 is 6.55 Å². The molecular weight excluding hydrogens is 319 g/mol. The van der Waals surface area contributed by atoms with Crippen molar-refractivity contribution in [3.05, 3.63) is 53.4 Å². The minimum atomic E-state index is -2.62. The minimum Gasteiger partial charge on any atom is -0.356 e. The van der Waals surface area contributed by atoms with Gasteiger partial charge in [-0.1, -0.05) is 6.07 Å². The highest BCUT2D eigenvalue weighted by Crippen LogP contribution is 2.12. The molecule has 0 saturated heterocycles. The van der Waals surface area contributed by atoms with Crippen molar-refractivity contribution in [1.29, 1.82) is 0 Å². The smallest absolute Gasteiger partial charge is 0.319 e. The van der Waals surface area contributed by atoms with Gasteiger partial charge in [0, 0.05) is 26.0 Å². The summed E-state index contributed by atoms with van der Waals surface area (Å²) in [5.74, 6) is 0.456. The van der Waals surface area contributed by atoms with E-state index in [1.54, 1.807) is 13.1 Å². The fraction of sp³-hybridized carbons (Fsp3) is 0.375. The second-order valence-corrected chi connectivity index (χ2v) is 5.20. The monoisotopic (exact) mass is 339 g/mol. The number of alkyl halides is 2. The Morgan fingerprint density at radius 1 is 1.33 bits per heavy atom.